The minimum Gasteiger partial charge on any atom is -0.462 e. The van der Waals surface area contributed by atoms with Gasteiger partial charge in [0, 0.05) is 24.8 Å². The Labute approximate surface area is 274 Å². The maximum atomic E-state index is 12.3. The smallest absolute Gasteiger partial charge is 0.462 e. The van der Waals surface area contributed by atoms with Crippen molar-refractivity contribution in [3.63, 3.8) is 0 Å². The topological polar surface area (TPSA) is 186 Å². The third-order valence-electron chi connectivity index (χ3n) is 8.84. The average Bonchev–Trinajstić information content (AvgIpc) is 2.99. The molecule has 2 rings (SSSR count). The van der Waals surface area contributed by atoms with E-state index in [-0.39, 0.29) is 43.3 Å². The SMILES string of the molecule is CCC(C)CCCCC(=O)OC1CCCC(C=CC=CC(O)CC(OP(=O)(O)O)C(O)(C=CC2OC(=O)C=CC2CC)CCN)C1. The first kappa shape index (κ1) is 40.1. The molecule has 2 aliphatic rings. The number of rotatable bonds is 20. The highest BCUT2D eigenvalue weighted by atomic mass is 31.2. The van der Waals surface area contributed by atoms with Crippen LogP contribution in [0.1, 0.15) is 97.8 Å². The first-order valence-electron chi connectivity index (χ1n) is 16.8. The van der Waals surface area contributed by atoms with E-state index in [4.69, 9.17) is 19.7 Å². The molecule has 0 spiro atoms. The summed E-state index contributed by atoms with van der Waals surface area (Å²) < 4.78 is 27.9. The van der Waals surface area contributed by atoms with E-state index in [1.807, 2.05) is 13.0 Å². The predicted octanol–water partition coefficient (Wildman–Crippen LogP) is 5.18. The van der Waals surface area contributed by atoms with Gasteiger partial charge >= 0.3 is 19.8 Å². The van der Waals surface area contributed by atoms with Crippen LogP contribution in [0.15, 0.2) is 48.6 Å². The van der Waals surface area contributed by atoms with Crippen molar-refractivity contribution in [3.05, 3.63) is 48.6 Å². The number of aliphatic hydroxyl groups is 2. The summed E-state index contributed by atoms with van der Waals surface area (Å²) in [5, 5.41) is 22.2. The fourth-order valence-corrected chi connectivity index (χ4v) is 6.46. The number of nitrogens with two attached hydrogens (primary N) is 1. The number of phosphoric ester groups is 1. The molecule has 0 amide bonds. The van der Waals surface area contributed by atoms with Gasteiger partial charge in [-0.05, 0) is 69.4 Å². The van der Waals surface area contributed by atoms with Gasteiger partial charge in [-0.15, -0.1) is 0 Å². The van der Waals surface area contributed by atoms with Crippen LogP contribution in [-0.4, -0.2) is 68.5 Å². The molecule has 1 aliphatic heterocycles. The molecule has 0 aromatic rings. The minimum absolute atomic E-state index is 0.0476. The average molecular weight is 670 g/mol. The Morgan fingerprint density at radius 2 is 1.98 bits per heavy atom. The number of carbonyl (C=O) groups is 2. The summed E-state index contributed by atoms with van der Waals surface area (Å²) in [7, 11) is -5.08. The molecule has 46 heavy (non-hydrogen) atoms. The van der Waals surface area contributed by atoms with Crippen LogP contribution in [0.5, 0.6) is 0 Å². The van der Waals surface area contributed by atoms with Gasteiger partial charge in [-0.2, -0.15) is 0 Å². The summed E-state index contributed by atoms with van der Waals surface area (Å²) in [5.41, 5.74) is 3.75. The Morgan fingerprint density at radius 1 is 1.22 bits per heavy atom. The molecule has 0 saturated heterocycles. The Kier molecular flexibility index (Phi) is 17.7. The van der Waals surface area contributed by atoms with Crippen molar-refractivity contribution >= 4 is 19.8 Å². The Morgan fingerprint density at radius 3 is 2.65 bits per heavy atom. The van der Waals surface area contributed by atoms with E-state index in [0.29, 0.717) is 18.8 Å². The molecule has 262 valence electrons. The van der Waals surface area contributed by atoms with E-state index in [1.165, 1.54) is 24.3 Å². The van der Waals surface area contributed by atoms with Gasteiger partial charge in [-0.25, -0.2) is 9.36 Å². The lowest BCUT2D eigenvalue weighted by Gasteiger charge is -2.35. The lowest BCUT2D eigenvalue weighted by Crippen LogP contribution is -2.45. The number of allylic oxidation sites excluding steroid dienone is 3. The van der Waals surface area contributed by atoms with Crippen LogP contribution in [0.2, 0.25) is 0 Å². The number of aliphatic hydroxyl groups excluding tert-OH is 1. The third-order valence-corrected chi connectivity index (χ3v) is 9.37. The number of phosphoric acid groups is 1. The summed E-state index contributed by atoms with van der Waals surface area (Å²) in [6, 6.07) is 0. The largest absolute Gasteiger partial charge is 0.469 e. The molecule has 0 aromatic heterocycles. The van der Waals surface area contributed by atoms with Crippen LogP contribution in [0, 0.1) is 17.8 Å². The van der Waals surface area contributed by atoms with Crippen molar-refractivity contribution in [1.29, 1.82) is 0 Å². The van der Waals surface area contributed by atoms with Crippen LogP contribution in [0.3, 0.4) is 0 Å². The van der Waals surface area contributed by atoms with Crippen molar-refractivity contribution in [3.8, 4) is 0 Å². The molecule has 12 heteroatoms. The molecule has 6 N–H and O–H groups in total. The molecule has 1 saturated carbocycles. The van der Waals surface area contributed by atoms with Crippen molar-refractivity contribution < 1.29 is 48.2 Å². The zero-order valence-electron chi connectivity index (χ0n) is 27.6. The first-order valence-corrected chi connectivity index (χ1v) is 18.3. The van der Waals surface area contributed by atoms with Crippen LogP contribution in [-0.2, 0) is 28.2 Å². The highest BCUT2D eigenvalue weighted by Gasteiger charge is 2.40. The molecule has 8 unspecified atom stereocenters. The van der Waals surface area contributed by atoms with Gasteiger partial charge in [-0.1, -0.05) is 76.5 Å². The van der Waals surface area contributed by atoms with Gasteiger partial charge in [0.05, 0.1) is 6.10 Å². The van der Waals surface area contributed by atoms with E-state index in [0.717, 1.165) is 51.4 Å². The van der Waals surface area contributed by atoms with Crippen molar-refractivity contribution in [1.82, 2.24) is 0 Å². The lowest BCUT2D eigenvalue weighted by atomic mass is 9.86. The summed E-state index contributed by atoms with van der Waals surface area (Å²) in [6.45, 7) is 6.27. The Balaban J connectivity index is 1.99. The van der Waals surface area contributed by atoms with E-state index >= 15 is 0 Å². The van der Waals surface area contributed by atoms with E-state index in [9.17, 15) is 34.2 Å². The number of cyclic esters (lactones) is 1. The number of carbonyl (C=O) groups excluding carboxylic acids is 2. The molecule has 1 aliphatic carbocycles. The maximum absolute atomic E-state index is 12.3. The molecule has 8 atom stereocenters. The lowest BCUT2D eigenvalue weighted by molar-refractivity contribution is -0.151. The molecule has 0 aromatic carbocycles. The van der Waals surface area contributed by atoms with Crippen LogP contribution < -0.4 is 5.73 Å². The molecular formula is C34H56NO10P. The minimum atomic E-state index is -5.08. The summed E-state index contributed by atoms with van der Waals surface area (Å²) in [5.74, 6) is 0.0647. The van der Waals surface area contributed by atoms with E-state index < -0.39 is 37.7 Å². The van der Waals surface area contributed by atoms with Crippen LogP contribution in [0.25, 0.3) is 0 Å². The van der Waals surface area contributed by atoms with Crippen LogP contribution >= 0.6 is 7.82 Å². The molecule has 11 nitrogen and oxygen atoms in total. The van der Waals surface area contributed by atoms with Gasteiger partial charge in [0.2, 0.25) is 0 Å². The zero-order valence-corrected chi connectivity index (χ0v) is 28.5. The maximum Gasteiger partial charge on any atom is 0.469 e. The number of hydrogen-bond acceptors (Lipinski definition) is 9. The second kappa shape index (κ2) is 20.3. The van der Waals surface area contributed by atoms with Crippen molar-refractivity contribution in [2.45, 2.75) is 128 Å². The second-order valence-corrected chi connectivity index (χ2v) is 13.9. The van der Waals surface area contributed by atoms with Crippen molar-refractivity contribution in [2.75, 3.05) is 6.54 Å². The zero-order chi connectivity index (χ0) is 34.2. The Hall–Kier alpha value is -2.11. The summed E-state index contributed by atoms with van der Waals surface area (Å²) in [4.78, 5) is 43.3. The predicted molar refractivity (Wildman–Crippen MR) is 176 cm³/mol. The Bertz CT molecular complexity index is 1100. The van der Waals surface area contributed by atoms with Crippen molar-refractivity contribution in [2.24, 2.45) is 23.5 Å². The number of unbranched alkanes of at least 4 members (excludes halogenated alkanes) is 1. The van der Waals surface area contributed by atoms with Gasteiger partial charge in [-0.3, -0.25) is 9.32 Å². The van der Waals surface area contributed by atoms with E-state index in [2.05, 4.69) is 13.8 Å². The normalized spacial score (nSPS) is 25.9. The number of ether oxygens (including phenoxy) is 2. The monoisotopic (exact) mass is 669 g/mol. The van der Waals surface area contributed by atoms with Gasteiger partial charge in [0.1, 0.15) is 23.9 Å². The fourth-order valence-electron chi connectivity index (χ4n) is 5.86. The summed E-state index contributed by atoms with van der Waals surface area (Å²) in [6.07, 6.45) is 17.3. The van der Waals surface area contributed by atoms with E-state index in [1.54, 1.807) is 18.2 Å². The first-order chi connectivity index (χ1) is 21.8. The van der Waals surface area contributed by atoms with Crippen LogP contribution in [0.4, 0.5) is 0 Å². The van der Waals surface area contributed by atoms with Gasteiger partial charge in [0.25, 0.3) is 0 Å². The fraction of sp³-hybridized carbons (Fsp3) is 0.706. The van der Waals surface area contributed by atoms with Gasteiger partial charge in [0.15, 0.2) is 0 Å². The molecule has 1 fully saturated rings. The highest BCUT2D eigenvalue weighted by molar-refractivity contribution is 7.46. The molecular weight excluding hydrogens is 613 g/mol. The molecule has 0 radical (unpaired) electrons. The summed E-state index contributed by atoms with van der Waals surface area (Å²) >= 11 is 0. The highest BCUT2D eigenvalue weighted by Crippen LogP contribution is 2.42. The molecule has 1 heterocycles. The standard InChI is InChI=1S/C34H56NO10P/c1-4-25(3)11-6-9-16-32(37)43-29-15-10-13-26(23-29)12-7-8-14-28(36)24-31(45-46(40,41)42)34(39,21-22-35)20-19-30-27(5-2)17-18-33(38)44-30/h7-8,12,14,17-20,25-31,36,39H,4-6,9-11,13,15-16,21-24,35H2,1-3H3,(H2,40,41,42). The van der Waals surface area contributed by atoms with Gasteiger partial charge < -0.3 is 35.2 Å². The second-order valence-electron chi connectivity index (χ2n) is 12.7. The number of esters is 2. The number of hydrogen-bond donors (Lipinski definition) is 5. The molecule has 0 bridgehead atoms. The third kappa shape index (κ3) is 15.2. The quantitative estimate of drug-likeness (QED) is 0.0378.